The zero-order chi connectivity index (χ0) is 21.1. The SMILES string of the molecule is COc1cc(C)ccc1OCc1nc(C(=O)N(C)C[C@H]2Cc3ccccc3O2)co1. The average Bonchev–Trinajstić information content (AvgIpc) is 3.38. The first-order valence-electron chi connectivity index (χ1n) is 9.75. The largest absolute Gasteiger partial charge is 0.493 e. The molecule has 156 valence electrons. The molecule has 0 N–H and O–H groups in total. The molecular weight excluding hydrogens is 384 g/mol. The molecule has 1 atom stereocenters. The summed E-state index contributed by atoms with van der Waals surface area (Å²) in [6.07, 6.45) is 2.07. The van der Waals surface area contributed by atoms with Crippen molar-refractivity contribution in [1.29, 1.82) is 0 Å². The molecule has 7 nitrogen and oxygen atoms in total. The lowest BCUT2D eigenvalue weighted by Gasteiger charge is -2.20. The molecule has 0 bridgehead atoms. The summed E-state index contributed by atoms with van der Waals surface area (Å²) in [6.45, 7) is 2.54. The molecule has 0 radical (unpaired) electrons. The Morgan fingerprint density at radius 1 is 1.23 bits per heavy atom. The number of aryl methyl sites for hydroxylation is 1. The van der Waals surface area contributed by atoms with Gasteiger partial charge in [-0.2, -0.15) is 0 Å². The third-order valence-corrected chi connectivity index (χ3v) is 4.98. The number of amides is 1. The summed E-state index contributed by atoms with van der Waals surface area (Å²) in [5.74, 6) is 2.20. The number of oxazole rings is 1. The van der Waals surface area contributed by atoms with E-state index >= 15 is 0 Å². The van der Waals surface area contributed by atoms with Crippen molar-refractivity contribution in [3.05, 3.63) is 71.4 Å². The minimum Gasteiger partial charge on any atom is -0.493 e. The smallest absolute Gasteiger partial charge is 0.275 e. The van der Waals surface area contributed by atoms with Crippen molar-refractivity contribution >= 4 is 5.91 Å². The van der Waals surface area contributed by atoms with Gasteiger partial charge in [0.05, 0.1) is 13.7 Å². The molecule has 3 aromatic rings. The quantitative estimate of drug-likeness (QED) is 0.594. The zero-order valence-electron chi connectivity index (χ0n) is 17.3. The Morgan fingerprint density at radius 3 is 2.87 bits per heavy atom. The van der Waals surface area contributed by atoms with Crippen LogP contribution in [0.1, 0.15) is 27.5 Å². The van der Waals surface area contributed by atoms with E-state index in [1.54, 1.807) is 19.1 Å². The molecule has 1 aliphatic rings. The molecule has 0 aliphatic carbocycles. The fraction of sp³-hybridized carbons (Fsp3) is 0.304. The van der Waals surface area contributed by atoms with Gasteiger partial charge in [-0.05, 0) is 36.2 Å². The number of hydrogen-bond acceptors (Lipinski definition) is 6. The third-order valence-electron chi connectivity index (χ3n) is 4.98. The van der Waals surface area contributed by atoms with Crippen LogP contribution in [0.15, 0.2) is 53.1 Å². The molecule has 1 aromatic heterocycles. The Bertz CT molecular complexity index is 1020. The van der Waals surface area contributed by atoms with Crippen LogP contribution in [0.25, 0.3) is 0 Å². The summed E-state index contributed by atoms with van der Waals surface area (Å²) < 4.78 is 22.4. The average molecular weight is 408 g/mol. The van der Waals surface area contributed by atoms with E-state index in [0.29, 0.717) is 23.9 Å². The second-order valence-electron chi connectivity index (χ2n) is 7.31. The number of nitrogens with zero attached hydrogens (tertiary/aromatic N) is 2. The van der Waals surface area contributed by atoms with Crippen LogP contribution >= 0.6 is 0 Å². The number of carbonyl (C=O) groups excluding carboxylic acids is 1. The van der Waals surface area contributed by atoms with Crippen LogP contribution in [0.4, 0.5) is 0 Å². The maximum absolute atomic E-state index is 12.7. The van der Waals surface area contributed by atoms with Crippen LogP contribution < -0.4 is 14.2 Å². The molecule has 1 aliphatic heterocycles. The van der Waals surface area contributed by atoms with Crippen LogP contribution in [0.2, 0.25) is 0 Å². The Hall–Kier alpha value is -3.48. The maximum atomic E-state index is 12.7. The van der Waals surface area contributed by atoms with Crippen molar-refractivity contribution in [3.8, 4) is 17.2 Å². The van der Waals surface area contributed by atoms with Crippen LogP contribution in [0, 0.1) is 6.92 Å². The van der Waals surface area contributed by atoms with Crippen LogP contribution in [0.3, 0.4) is 0 Å². The van der Waals surface area contributed by atoms with Gasteiger partial charge in [-0.15, -0.1) is 0 Å². The lowest BCUT2D eigenvalue weighted by atomic mass is 10.1. The number of methoxy groups -OCH3 is 1. The molecule has 0 unspecified atom stereocenters. The molecule has 2 aromatic carbocycles. The molecule has 30 heavy (non-hydrogen) atoms. The first kappa shape index (κ1) is 19.8. The second-order valence-corrected chi connectivity index (χ2v) is 7.31. The predicted octanol–water partition coefficient (Wildman–Crippen LogP) is 3.65. The second kappa shape index (κ2) is 8.49. The summed E-state index contributed by atoms with van der Waals surface area (Å²) >= 11 is 0. The van der Waals surface area contributed by atoms with Crippen molar-refractivity contribution in [2.45, 2.75) is 26.1 Å². The van der Waals surface area contributed by atoms with E-state index in [-0.39, 0.29) is 24.3 Å². The molecule has 2 heterocycles. The fourth-order valence-corrected chi connectivity index (χ4v) is 3.45. The number of para-hydroxylation sites is 1. The van der Waals surface area contributed by atoms with Gasteiger partial charge in [0.2, 0.25) is 5.89 Å². The van der Waals surface area contributed by atoms with Crippen molar-refractivity contribution in [3.63, 3.8) is 0 Å². The third kappa shape index (κ3) is 4.25. The first-order chi connectivity index (χ1) is 14.5. The number of likely N-dealkylation sites (N-methyl/N-ethyl adjacent to an activating group) is 1. The van der Waals surface area contributed by atoms with Gasteiger partial charge in [-0.3, -0.25) is 4.79 Å². The topological polar surface area (TPSA) is 74.0 Å². The minimum atomic E-state index is -0.225. The number of hydrogen-bond donors (Lipinski definition) is 0. The van der Waals surface area contributed by atoms with Gasteiger partial charge >= 0.3 is 0 Å². The maximum Gasteiger partial charge on any atom is 0.275 e. The number of rotatable bonds is 7. The van der Waals surface area contributed by atoms with Crippen LogP contribution in [-0.4, -0.2) is 42.6 Å². The minimum absolute atomic E-state index is 0.0694. The lowest BCUT2D eigenvalue weighted by molar-refractivity contribution is 0.0724. The Labute approximate surface area is 175 Å². The lowest BCUT2D eigenvalue weighted by Crippen LogP contribution is -2.36. The molecular formula is C23H24N2O5. The van der Waals surface area contributed by atoms with Crippen molar-refractivity contribution < 1.29 is 23.4 Å². The van der Waals surface area contributed by atoms with Crippen LogP contribution in [0.5, 0.6) is 17.2 Å². The summed E-state index contributed by atoms with van der Waals surface area (Å²) in [6, 6.07) is 13.6. The number of aromatic nitrogens is 1. The summed E-state index contributed by atoms with van der Waals surface area (Å²) in [4.78, 5) is 18.6. The van der Waals surface area contributed by atoms with Crippen LogP contribution in [-0.2, 0) is 13.0 Å². The molecule has 0 fully saturated rings. The zero-order valence-corrected chi connectivity index (χ0v) is 17.3. The highest BCUT2D eigenvalue weighted by molar-refractivity contribution is 5.91. The number of benzene rings is 2. The standard InChI is InChI=1S/C23H24N2O5/c1-15-8-9-20(21(10-15)27-3)28-14-22-24-18(13-29-22)23(26)25(2)12-17-11-16-6-4-5-7-19(16)30-17/h4-10,13,17H,11-12,14H2,1-3H3/t17-/m1/s1. The Balaban J connectivity index is 1.34. The van der Waals surface area contributed by atoms with Gasteiger partial charge in [-0.25, -0.2) is 4.98 Å². The molecule has 0 saturated carbocycles. The molecule has 1 amide bonds. The normalized spacial score (nSPS) is 14.7. The van der Waals surface area contributed by atoms with Crippen molar-refractivity contribution in [2.24, 2.45) is 0 Å². The van der Waals surface area contributed by atoms with E-state index in [2.05, 4.69) is 4.98 Å². The van der Waals surface area contributed by atoms with Gasteiger partial charge in [-0.1, -0.05) is 24.3 Å². The highest BCUT2D eigenvalue weighted by Gasteiger charge is 2.26. The highest BCUT2D eigenvalue weighted by Crippen LogP contribution is 2.29. The van der Waals surface area contributed by atoms with Gasteiger partial charge in [0.15, 0.2) is 23.8 Å². The highest BCUT2D eigenvalue weighted by atomic mass is 16.5. The summed E-state index contributed by atoms with van der Waals surface area (Å²) in [5.41, 5.74) is 2.47. The Kier molecular flexibility index (Phi) is 5.61. The van der Waals surface area contributed by atoms with Crippen molar-refractivity contribution in [2.75, 3.05) is 20.7 Å². The van der Waals surface area contributed by atoms with Crippen molar-refractivity contribution in [1.82, 2.24) is 9.88 Å². The summed E-state index contributed by atoms with van der Waals surface area (Å²) in [5, 5.41) is 0. The molecule has 7 heteroatoms. The molecule has 0 saturated heterocycles. The Morgan fingerprint density at radius 2 is 2.07 bits per heavy atom. The van der Waals surface area contributed by atoms with E-state index in [1.165, 1.54) is 6.26 Å². The van der Waals surface area contributed by atoms with Gasteiger partial charge < -0.3 is 23.5 Å². The predicted molar refractivity (Wildman–Crippen MR) is 110 cm³/mol. The van der Waals surface area contributed by atoms with Gasteiger partial charge in [0, 0.05) is 13.5 Å². The van der Waals surface area contributed by atoms with E-state index in [0.717, 1.165) is 23.3 Å². The molecule has 0 spiro atoms. The summed E-state index contributed by atoms with van der Waals surface area (Å²) in [7, 11) is 3.32. The monoisotopic (exact) mass is 408 g/mol. The number of carbonyl (C=O) groups is 1. The van der Waals surface area contributed by atoms with E-state index < -0.39 is 0 Å². The van der Waals surface area contributed by atoms with E-state index in [1.807, 2.05) is 49.4 Å². The van der Waals surface area contributed by atoms with Gasteiger partial charge in [0.25, 0.3) is 5.91 Å². The van der Waals surface area contributed by atoms with Gasteiger partial charge in [0.1, 0.15) is 18.1 Å². The first-order valence-corrected chi connectivity index (χ1v) is 9.75. The fourth-order valence-electron chi connectivity index (χ4n) is 3.45. The van der Waals surface area contributed by atoms with E-state index in [4.69, 9.17) is 18.6 Å². The number of fused-ring (bicyclic) bond motifs is 1. The number of ether oxygens (including phenoxy) is 3. The molecule has 4 rings (SSSR count). The van der Waals surface area contributed by atoms with E-state index in [9.17, 15) is 4.79 Å².